The molecule has 356 valence electrons. The number of hydrogen-bond acceptors (Lipinski definition) is 11. The van der Waals surface area contributed by atoms with E-state index >= 15 is 0 Å². The van der Waals surface area contributed by atoms with E-state index in [2.05, 4.69) is 105 Å². The van der Waals surface area contributed by atoms with Gasteiger partial charge in [-0.05, 0) is 48.5 Å². The second-order valence-electron chi connectivity index (χ2n) is 16.4. The molecule has 12 aromatic rings. The molecule has 4 N–H and O–H groups in total. The molecule has 18 heteroatoms. The molecule has 3 amide bonds. The molecule has 9 heterocycles. The van der Waals surface area contributed by atoms with Gasteiger partial charge < -0.3 is 35.0 Å². The first kappa shape index (κ1) is 47.8. The maximum absolute atomic E-state index is 13.0. The topological polar surface area (TPSA) is 204 Å². The van der Waals surface area contributed by atoms with Crippen molar-refractivity contribution in [3.05, 3.63) is 194 Å². The van der Waals surface area contributed by atoms with Gasteiger partial charge in [0.1, 0.15) is 11.4 Å². The Bertz CT molecular complexity index is 3740. The second kappa shape index (κ2) is 21.2. The Morgan fingerprint density at radius 1 is 0.431 bits per heavy atom. The third kappa shape index (κ3) is 10.2. The summed E-state index contributed by atoms with van der Waals surface area (Å²) in [6.07, 6.45) is 17.2. The number of amides is 3. The van der Waals surface area contributed by atoms with Crippen LogP contribution in [-0.4, -0.2) is 73.0 Å². The van der Waals surface area contributed by atoms with Crippen LogP contribution in [0.25, 0.3) is 65.4 Å². The van der Waals surface area contributed by atoms with Crippen LogP contribution < -0.4 is 21.3 Å². The summed E-state index contributed by atoms with van der Waals surface area (Å²) in [5.41, 5.74) is 7.90. The van der Waals surface area contributed by atoms with Crippen molar-refractivity contribution in [2.24, 2.45) is 21.1 Å². The van der Waals surface area contributed by atoms with Crippen LogP contribution >= 0.6 is 0 Å². The molecule has 0 aliphatic heterocycles. The average Bonchev–Trinajstić information content (AvgIpc) is 4.13. The Hall–Kier alpha value is -9.28. The predicted molar refractivity (Wildman–Crippen MR) is 277 cm³/mol. The number of carbonyl (C=O) groups excluding carboxylic acids is 3. The molecule has 72 heavy (non-hydrogen) atoms. The van der Waals surface area contributed by atoms with E-state index in [4.69, 9.17) is 0 Å². The smallest absolute Gasteiger partial charge is 0.291 e. The molecule has 9 aromatic heterocycles. The van der Waals surface area contributed by atoms with Gasteiger partial charge in [0.05, 0.1) is 63.0 Å². The van der Waals surface area contributed by atoms with Crippen LogP contribution in [0.3, 0.4) is 0 Å². The summed E-state index contributed by atoms with van der Waals surface area (Å²) in [4.78, 5) is 68.8. The molecule has 0 aliphatic rings. The van der Waals surface area contributed by atoms with Crippen molar-refractivity contribution >= 4 is 100 Å². The van der Waals surface area contributed by atoms with Gasteiger partial charge in [-0.15, -0.1) is 0 Å². The van der Waals surface area contributed by atoms with Gasteiger partial charge >= 0.3 is 0 Å². The zero-order valence-corrected chi connectivity index (χ0v) is 40.7. The number of carbonyl (C=O) groups is 3. The van der Waals surface area contributed by atoms with Crippen molar-refractivity contribution in [2.75, 3.05) is 22.6 Å². The summed E-state index contributed by atoms with van der Waals surface area (Å²) in [6, 6.07) is 37.3. The van der Waals surface area contributed by atoms with E-state index < -0.39 is 5.91 Å². The zero-order chi connectivity index (χ0) is 48.8. The number of aromatic nitrogens is 10. The van der Waals surface area contributed by atoms with Crippen molar-refractivity contribution in [3.63, 3.8) is 0 Å². The van der Waals surface area contributed by atoms with Crippen LogP contribution in [0.1, 0.15) is 31.6 Å². The molecule has 0 saturated carbocycles. The van der Waals surface area contributed by atoms with E-state index in [0.717, 1.165) is 71.1 Å². The Morgan fingerprint density at radius 2 is 0.833 bits per heavy atom. The Labute approximate surface area is 424 Å². The van der Waals surface area contributed by atoms with Crippen molar-refractivity contribution < 1.29 is 33.9 Å². The number of imidazole rings is 1. The van der Waals surface area contributed by atoms with Crippen molar-refractivity contribution in [1.29, 1.82) is 0 Å². The maximum atomic E-state index is 13.0. The Kier molecular flexibility index (Phi) is 14.0. The van der Waals surface area contributed by atoms with Crippen molar-refractivity contribution in [1.82, 2.24) is 53.9 Å². The van der Waals surface area contributed by atoms with Crippen LogP contribution in [-0.2, 0) is 40.6 Å². The molecular weight excluding hydrogens is 994 g/mol. The fourth-order valence-corrected chi connectivity index (χ4v) is 8.19. The molecule has 0 spiro atoms. The minimum absolute atomic E-state index is 0. The number of anilines is 3. The number of fused-ring (bicyclic) bond motifs is 9. The minimum atomic E-state index is -0.397. The second-order valence-corrected chi connectivity index (χ2v) is 16.4. The number of benzene rings is 3. The SMILES string of the molecule is Cn1cc(NC(=O)c2cc(NC(=O)c3nccn3C)cn2C)cc1C(=O)NCNc1cnc2c(ccc3cccnc32)c1.[Ru].c1cnc2c(c1)ccc1cccnc12.c1cnc2c(c1)ccc1cccnc12. The number of nitrogens with zero attached hydrogens (tertiary/aromatic N) is 10. The first-order chi connectivity index (χ1) is 34.7. The van der Waals surface area contributed by atoms with E-state index in [9.17, 15) is 14.4 Å². The van der Waals surface area contributed by atoms with Gasteiger partial charge in [-0.1, -0.05) is 66.7 Å². The molecule has 0 radical (unpaired) electrons. The number of aryl methyl sites for hydroxylation is 3. The quantitative estimate of drug-likeness (QED) is 0.0642. The standard InChI is InChI=1S/C30H28N10O3.2C12H8N2.Ru/c1-38-10-9-32-27(38)30(43)37-22-13-24(40(3)16-22)29(42)36-21-12-23(39(2)15-21)28(41)35-17-34-20-11-19-7-6-18-5-4-8-31-25(18)26(19)33-14-20;2*1-3-9-5-6-10-4-2-8-14-12(10)11(9)13-7-1;/h4-16,34H,17H2,1-3H3,(H,35,41)(H,36,42)(H,37,43);2*1-8H;. The van der Waals surface area contributed by atoms with Crippen LogP contribution in [0.2, 0.25) is 0 Å². The molecular formula is C54H44N14O3Ru. The molecule has 12 rings (SSSR count). The van der Waals surface area contributed by atoms with Crippen LogP contribution in [0.5, 0.6) is 0 Å². The van der Waals surface area contributed by atoms with Crippen LogP contribution in [0.4, 0.5) is 17.1 Å². The third-order valence-electron chi connectivity index (χ3n) is 11.7. The summed E-state index contributed by atoms with van der Waals surface area (Å²) < 4.78 is 4.83. The molecule has 0 saturated heterocycles. The van der Waals surface area contributed by atoms with Crippen LogP contribution in [0.15, 0.2) is 177 Å². The largest absolute Gasteiger partial charge is 0.367 e. The van der Waals surface area contributed by atoms with E-state index in [0.29, 0.717) is 22.8 Å². The number of hydrogen-bond donors (Lipinski definition) is 4. The molecule has 0 aliphatic carbocycles. The molecule has 3 aromatic carbocycles. The number of pyridine rings is 6. The molecule has 17 nitrogen and oxygen atoms in total. The fraction of sp³-hybridized carbons (Fsp3) is 0.0741. The molecule has 0 atom stereocenters. The van der Waals surface area contributed by atoms with Crippen molar-refractivity contribution in [3.8, 4) is 0 Å². The summed E-state index contributed by atoms with van der Waals surface area (Å²) >= 11 is 0. The average molecular weight is 1040 g/mol. The Morgan fingerprint density at radius 3 is 1.26 bits per heavy atom. The first-order valence-corrected chi connectivity index (χ1v) is 22.4. The van der Waals surface area contributed by atoms with Crippen molar-refractivity contribution in [2.45, 2.75) is 0 Å². The summed E-state index contributed by atoms with van der Waals surface area (Å²) in [5.74, 6) is -0.856. The van der Waals surface area contributed by atoms with E-state index in [1.165, 1.54) is 6.20 Å². The van der Waals surface area contributed by atoms with E-state index in [-0.39, 0.29) is 43.8 Å². The third-order valence-corrected chi connectivity index (χ3v) is 11.7. The molecule has 0 bridgehead atoms. The van der Waals surface area contributed by atoms with E-state index in [1.54, 1.807) is 103 Å². The maximum Gasteiger partial charge on any atom is 0.291 e. The van der Waals surface area contributed by atoms with Gasteiger partial charge in [-0.25, -0.2) is 4.98 Å². The normalized spacial score (nSPS) is 10.8. The molecule has 0 fully saturated rings. The summed E-state index contributed by atoms with van der Waals surface area (Å²) in [5, 5.41) is 18.1. The monoisotopic (exact) mass is 1040 g/mol. The number of rotatable bonds is 8. The van der Waals surface area contributed by atoms with Gasteiger partial charge in [0.15, 0.2) is 5.82 Å². The van der Waals surface area contributed by atoms with Gasteiger partial charge in [-0.2, -0.15) is 0 Å². The fourth-order valence-electron chi connectivity index (χ4n) is 8.19. The predicted octanol–water partition coefficient (Wildman–Crippen LogP) is 9.06. The Balaban J connectivity index is 0.000000177. The van der Waals surface area contributed by atoms with Gasteiger partial charge in [-0.3, -0.25) is 44.3 Å². The summed E-state index contributed by atoms with van der Waals surface area (Å²) in [7, 11) is 5.14. The number of nitrogens with one attached hydrogen (secondary N) is 4. The minimum Gasteiger partial charge on any atom is -0.367 e. The zero-order valence-electron chi connectivity index (χ0n) is 39.0. The van der Waals surface area contributed by atoms with Gasteiger partial charge in [0.2, 0.25) is 0 Å². The van der Waals surface area contributed by atoms with E-state index in [1.807, 2.05) is 54.6 Å². The van der Waals surface area contributed by atoms with Gasteiger partial charge in [0, 0.05) is 129 Å². The first-order valence-electron chi connectivity index (χ1n) is 22.4. The van der Waals surface area contributed by atoms with Crippen LogP contribution in [0, 0.1) is 0 Å². The molecule has 0 unspecified atom stereocenters. The van der Waals surface area contributed by atoms with Gasteiger partial charge in [0.25, 0.3) is 17.7 Å². The summed E-state index contributed by atoms with van der Waals surface area (Å²) in [6.45, 7) is 0.168.